The largest absolute Gasteiger partial charge is 0.325 e. The highest BCUT2D eigenvalue weighted by molar-refractivity contribution is 6.42. The van der Waals surface area contributed by atoms with E-state index >= 15 is 0 Å². The first kappa shape index (κ1) is 23.6. The molecule has 3 aromatic carbocycles. The van der Waals surface area contributed by atoms with Gasteiger partial charge in [-0.25, -0.2) is 0 Å². The number of hydrogen-bond donors (Lipinski definition) is 2. The zero-order valence-corrected chi connectivity index (χ0v) is 19.5. The number of fused-ring (bicyclic) bond motifs is 2. The molecule has 34 heavy (non-hydrogen) atoms. The lowest BCUT2D eigenvalue weighted by molar-refractivity contribution is -0.119. The second kappa shape index (κ2) is 9.77. The molecule has 4 rings (SSSR count). The van der Waals surface area contributed by atoms with E-state index in [1.807, 2.05) is 0 Å². The van der Waals surface area contributed by atoms with Crippen LogP contribution in [0.5, 0.6) is 0 Å². The highest BCUT2D eigenvalue weighted by Crippen LogP contribution is 2.32. The van der Waals surface area contributed by atoms with Crippen molar-refractivity contribution < 1.29 is 19.2 Å². The van der Waals surface area contributed by atoms with Gasteiger partial charge in [0, 0.05) is 22.4 Å². The van der Waals surface area contributed by atoms with Crippen LogP contribution in [-0.4, -0.2) is 48.4 Å². The van der Waals surface area contributed by atoms with E-state index in [0.717, 1.165) is 0 Å². The lowest BCUT2D eigenvalue weighted by atomic mass is 9.83. The number of ketones is 2. The summed E-state index contributed by atoms with van der Waals surface area (Å²) in [6.07, 6.45) is 0. The molecule has 1 aliphatic rings. The molecule has 0 saturated carbocycles. The van der Waals surface area contributed by atoms with Gasteiger partial charge in [-0.2, -0.15) is 0 Å². The lowest BCUT2D eigenvalue weighted by Crippen LogP contribution is -2.36. The molecule has 1 aliphatic carbocycles. The fourth-order valence-corrected chi connectivity index (χ4v) is 4.06. The van der Waals surface area contributed by atoms with Gasteiger partial charge in [-0.1, -0.05) is 59.6 Å². The molecule has 0 aliphatic heterocycles. The Morgan fingerprint density at radius 3 is 2.06 bits per heavy atom. The first-order valence-corrected chi connectivity index (χ1v) is 11.0. The summed E-state index contributed by atoms with van der Waals surface area (Å²) in [6.45, 7) is -0.178. The van der Waals surface area contributed by atoms with Gasteiger partial charge in [0.25, 0.3) is 0 Å². The summed E-state index contributed by atoms with van der Waals surface area (Å²) >= 11 is 11.8. The van der Waals surface area contributed by atoms with E-state index in [2.05, 4.69) is 10.6 Å². The van der Waals surface area contributed by atoms with Gasteiger partial charge in [0.05, 0.1) is 34.4 Å². The van der Waals surface area contributed by atoms with E-state index in [1.165, 1.54) is 11.0 Å². The van der Waals surface area contributed by atoms with Gasteiger partial charge in [-0.15, -0.1) is 0 Å². The van der Waals surface area contributed by atoms with Crippen LogP contribution in [0.3, 0.4) is 0 Å². The number of hydrogen-bond acceptors (Lipinski definition) is 5. The summed E-state index contributed by atoms with van der Waals surface area (Å²) < 4.78 is 0. The predicted octanol–water partition coefficient (Wildman–Crippen LogP) is 4.28. The van der Waals surface area contributed by atoms with Gasteiger partial charge >= 0.3 is 0 Å². The van der Waals surface area contributed by atoms with E-state index in [1.54, 1.807) is 61.6 Å². The average Bonchev–Trinajstić information content (AvgIpc) is 2.79. The Kier molecular flexibility index (Phi) is 6.79. The van der Waals surface area contributed by atoms with E-state index < -0.39 is 5.91 Å². The molecule has 0 saturated heterocycles. The molecule has 3 aromatic rings. The molecular weight excluding hydrogens is 477 g/mol. The molecule has 7 nitrogen and oxygen atoms in total. The molecule has 0 heterocycles. The zero-order chi connectivity index (χ0) is 24.4. The van der Waals surface area contributed by atoms with Crippen molar-refractivity contribution in [2.45, 2.75) is 0 Å². The maximum Gasteiger partial charge on any atom is 0.238 e. The Morgan fingerprint density at radius 2 is 1.38 bits per heavy atom. The number of anilines is 2. The Labute approximate surface area is 205 Å². The van der Waals surface area contributed by atoms with E-state index in [-0.39, 0.29) is 47.4 Å². The number of likely N-dealkylation sites (N-methyl/N-ethyl adjacent to an activating group) is 1. The van der Waals surface area contributed by atoms with Crippen LogP contribution in [0.2, 0.25) is 10.0 Å². The van der Waals surface area contributed by atoms with Crippen LogP contribution in [-0.2, 0) is 9.59 Å². The molecule has 2 N–H and O–H groups in total. The van der Waals surface area contributed by atoms with E-state index in [9.17, 15) is 19.2 Å². The highest BCUT2D eigenvalue weighted by Gasteiger charge is 2.31. The van der Waals surface area contributed by atoms with Crippen molar-refractivity contribution >= 4 is 58.0 Å². The van der Waals surface area contributed by atoms with Crippen LogP contribution in [0.15, 0.2) is 60.7 Å². The zero-order valence-electron chi connectivity index (χ0n) is 18.0. The third kappa shape index (κ3) is 4.87. The van der Waals surface area contributed by atoms with Gasteiger partial charge in [0.15, 0.2) is 11.6 Å². The molecule has 0 fully saturated rings. The van der Waals surface area contributed by atoms with Crippen LogP contribution in [0, 0.1) is 0 Å². The fourth-order valence-electron chi connectivity index (χ4n) is 3.76. The summed E-state index contributed by atoms with van der Waals surface area (Å²) in [4.78, 5) is 52.4. The fraction of sp³-hybridized carbons (Fsp3) is 0.120. The SMILES string of the molecule is CN(CC(=O)Nc1ccc(Cl)c(Cl)c1)CC(=O)Nc1cccc2c1C(=O)c1ccccc1C2=O. The predicted molar refractivity (Wildman–Crippen MR) is 131 cm³/mol. The first-order valence-electron chi connectivity index (χ1n) is 10.3. The summed E-state index contributed by atoms with van der Waals surface area (Å²) in [5.74, 6) is -1.37. The van der Waals surface area contributed by atoms with Crippen molar-refractivity contribution in [3.05, 3.63) is 93.0 Å². The molecule has 0 spiro atoms. The molecule has 0 unspecified atom stereocenters. The van der Waals surface area contributed by atoms with Crippen LogP contribution < -0.4 is 10.6 Å². The summed E-state index contributed by atoms with van der Waals surface area (Å²) in [5, 5.41) is 6.08. The molecule has 172 valence electrons. The van der Waals surface area contributed by atoms with Crippen molar-refractivity contribution in [2.24, 2.45) is 0 Å². The number of carbonyl (C=O) groups excluding carboxylic acids is 4. The lowest BCUT2D eigenvalue weighted by Gasteiger charge is -2.21. The molecule has 0 aromatic heterocycles. The number of halogens is 2. The topological polar surface area (TPSA) is 95.6 Å². The number of carbonyl (C=O) groups is 4. The van der Waals surface area contributed by atoms with Crippen molar-refractivity contribution in [3.8, 4) is 0 Å². The Hall–Kier alpha value is -3.52. The number of nitrogens with zero attached hydrogens (tertiary/aromatic N) is 1. The maximum absolute atomic E-state index is 13.1. The van der Waals surface area contributed by atoms with Gasteiger partial charge in [0.1, 0.15) is 0 Å². The molecule has 9 heteroatoms. The van der Waals surface area contributed by atoms with Gasteiger partial charge in [-0.3, -0.25) is 24.1 Å². The Morgan fingerprint density at radius 1 is 0.765 bits per heavy atom. The number of rotatable bonds is 6. The smallest absolute Gasteiger partial charge is 0.238 e. The summed E-state index contributed by atoms with van der Waals surface area (Å²) in [5.41, 5.74) is 1.80. The highest BCUT2D eigenvalue weighted by atomic mass is 35.5. The average molecular weight is 496 g/mol. The first-order chi connectivity index (χ1) is 16.2. The van der Waals surface area contributed by atoms with Crippen molar-refractivity contribution in [1.29, 1.82) is 0 Å². The van der Waals surface area contributed by atoms with Crippen LogP contribution in [0.4, 0.5) is 11.4 Å². The normalized spacial score (nSPS) is 12.2. The molecule has 0 radical (unpaired) electrons. The van der Waals surface area contributed by atoms with E-state index in [4.69, 9.17) is 23.2 Å². The maximum atomic E-state index is 13.1. The molecule has 2 amide bonds. The van der Waals surface area contributed by atoms with Crippen LogP contribution >= 0.6 is 23.2 Å². The van der Waals surface area contributed by atoms with Gasteiger partial charge in [-0.05, 0) is 31.3 Å². The third-order valence-electron chi connectivity index (χ3n) is 5.26. The van der Waals surface area contributed by atoms with Crippen molar-refractivity contribution in [3.63, 3.8) is 0 Å². The molecule has 0 atom stereocenters. The Bertz CT molecular complexity index is 1340. The number of nitrogens with one attached hydrogen (secondary N) is 2. The van der Waals surface area contributed by atoms with E-state index in [0.29, 0.717) is 26.9 Å². The minimum absolute atomic E-state index is 0.0641. The second-order valence-electron chi connectivity index (χ2n) is 7.83. The van der Waals surface area contributed by atoms with Gasteiger partial charge < -0.3 is 10.6 Å². The van der Waals surface area contributed by atoms with Crippen LogP contribution in [0.1, 0.15) is 31.8 Å². The van der Waals surface area contributed by atoms with Crippen molar-refractivity contribution in [2.75, 3.05) is 30.8 Å². The van der Waals surface area contributed by atoms with Gasteiger partial charge in [0.2, 0.25) is 11.8 Å². The molecular formula is C25H19Cl2N3O4. The standard InChI is InChI=1S/C25H19Cl2N3O4/c1-30(12-21(31)28-14-9-10-18(26)19(27)11-14)13-22(32)29-20-8-4-7-17-23(20)25(34)16-6-3-2-5-15(16)24(17)33/h2-11H,12-13H2,1H3,(H,28,31)(H,29,32). The third-order valence-corrected chi connectivity index (χ3v) is 6.00. The van der Waals surface area contributed by atoms with Crippen LogP contribution in [0.25, 0.3) is 0 Å². The minimum Gasteiger partial charge on any atom is -0.325 e. The monoisotopic (exact) mass is 495 g/mol. The molecule has 0 bridgehead atoms. The number of amides is 2. The second-order valence-corrected chi connectivity index (χ2v) is 8.64. The quantitative estimate of drug-likeness (QED) is 0.416. The minimum atomic E-state index is -0.433. The summed E-state index contributed by atoms with van der Waals surface area (Å²) in [7, 11) is 1.61. The van der Waals surface area contributed by atoms with Crippen molar-refractivity contribution in [1.82, 2.24) is 4.90 Å². The Balaban J connectivity index is 1.42. The number of benzene rings is 3. The summed E-state index contributed by atoms with van der Waals surface area (Å²) in [6, 6.07) is 16.1.